The largest absolute Gasteiger partial charge is 0.355 e. The lowest BCUT2D eigenvalue weighted by Crippen LogP contribution is -2.55. The molecule has 3 N–H and O–H groups in total. The van der Waals surface area contributed by atoms with Crippen LogP contribution in [0.3, 0.4) is 0 Å². The quantitative estimate of drug-likeness (QED) is 0.448. The summed E-state index contributed by atoms with van der Waals surface area (Å²) in [5.41, 5.74) is 3.29. The summed E-state index contributed by atoms with van der Waals surface area (Å²) < 4.78 is 0. The van der Waals surface area contributed by atoms with Gasteiger partial charge in [0.2, 0.25) is 11.8 Å². The number of likely N-dealkylation sites (tertiary alicyclic amines) is 1. The number of hydrogen-bond acceptors (Lipinski definition) is 5. The topological polar surface area (TPSA) is 90.5 Å². The molecular formula is C29H38N4O3. The second kappa shape index (κ2) is 12.2. The van der Waals surface area contributed by atoms with Crippen molar-refractivity contribution in [3.05, 3.63) is 59.7 Å². The van der Waals surface area contributed by atoms with Gasteiger partial charge in [0.15, 0.2) is 6.29 Å². The van der Waals surface area contributed by atoms with Gasteiger partial charge in [-0.3, -0.25) is 14.4 Å². The highest BCUT2D eigenvalue weighted by molar-refractivity contribution is 5.90. The number of carbonyl (C=O) groups is 3. The fraction of sp³-hybridized carbons (Fsp3) is 0.483. The summed E-state index contributed by atoms with van der Waals surface area (Å²) in [5.74, 6) is 0.0799. The van der Waals surface area contributed by atoms with Crippen LogP contribution in [0, 0.1) is 5.92 Å². The third kappa shape index (κ3) is 5.95. The summed E-state index contributed by atoms with van der Waals surface area (Å²) in [7, 11) is 1.76. The maximum atomic E-state index is 14.0. The number of hydrogen-bond donors (Lipinski definition) is 3. The maximum Gasteiger partial charge on any atom is 0.245 e. The van der Waals surface area contributed by atoms with Gasteiger partial charge in [-0.1, -0.05) is 43.5 Å². The van der Waals surface area contributed by atoms with Crippen molar-refractivity contribution in [3.8, 4) is 0 Å². The summed E-state index contributed by atoms with van der Waals surface area (Å²) in [5, 5.41) is 9.44. The number of nitrogens with zero attached hydrogens (tertiary/aromatic N) is 1. The number of likely N-dealkylation sites (N-methyl/N-ethyl adjacent to an activating group) is 1. The molecule has 2 aromatic rings. The van der Waals surface area contributed by atoms with Crippen molar-refractivity contribution in [2.24, 2.45) is 5.92 Å². The van der Waals surface area contributed by atoms with Crippen LogP contribution in [0.25, 0.3) is 0 Å². The van der Waals surface area contributed by atoms with E-state index in [1.165, 1.54) is 6.42 Å². The minimum absolute atomic E-state index is 0.0331. The molecule has 3 atom stereocenters. The Morgan fingerprint density at radius 2 is 1.78 bits per heavy atom. The number of benzene rings is 2. The van der Waals surface area contributed by atoms with Gasteiger partial charge in [0.1, 0.15) is 6.04 Å². The summed E-state index contributed by atoms with van der Waals surface area (Å²) in [6.07, 6.45) is 8.00. The molecule has 0 spiro atoms. The first-order chi connectivity index (χ1) is 17.5. The van der Waals surface area contributed by atoms with Gasteiger partial charge in [0, 0.05) is 23.5 Å². The van der Waals surface area contributed by atoms with Crippen molar-refractivity contribution in [1.82, 2.24) is 15.5 Å². The molecule has 7 heteroatoms. The van der Waals surface area contributed by atoms with E-state index in [1.54, 1.807) is 13.1 Å². The molecule has 192 valence electrons. The van der Waals surface area contributed by atoms with Crippen LogP contribution in [0.5, 0.6) is 0 Å². The first-order valence-electron chi connectivity index (χ1n) is 13.2. The minimum atomic E-state index is -0.491. The number of amides is 2. The van der Waals surface area contributed by atoms with Crippen LogP contribution in [0.4, 0.5) is 11.4 Å². The van der Waals surface area contributed by atoms with Gasteiger partial charge in [-0.25, -0.2) is 0 Å². The smallest absolute Gasteiger partial charge is 0.245 e. The Morgan fingerprint density at radius 3 is 2.53 bits per heavy atom. The average molecular weight is 491 g/mol. The number of nitrogens with one attached hydrogen (secondary N) is 3. The highest BCUT2D eigenvalue weighted by atomic mass is 16.2. The van der Waals surface area contributed by atoms with Crippen LogP contribution in [0.1, 0.15) is 73.8 Å². The molecule has 36 heavy (non-hydrogen) atoms. The zero-order valence-electron chi connectivity index (χ0n) is 21.3. The first kappa shape index (κ1) is 25.9. The van der Waals surface area contributed by atoms with E-state index in [0.717, 1.165) is 61.7 Å². The molecule has 0 unspecified atom stereocenters. The van der Waals surface area contributed by atoms with E-state index in [0.29, 0.717) is 12.1 Å². The molecule has 2 fully saturated rings. The SMILES string of the molecule is CN[C@@H](C)C(=O)N[C@H](C(=O)N1CCC[C@H]1c1cccc(Nc2ccccc2C=O)c1)C1CCCCC1. The fourth-order valence-corrected chi connectivity index (χ4v) is 5.51. The van der Waals surface area contributed by atoms with Gasteiger partial charge >= 0.3 is 0 Å². The Balaban J connectivity index is 1.55. The van der Waals surface area contributed by atoms with Crippen LogP contribution in [0.15, 0.2) is 48.5 Å². The molecule has 0 aromatic heterocycles. The number of para-hydroxylation sites is 1. The summed E-state index contributed by atoms with van der Waals surface area (Å²) >= 11 is 0. The number of aldehydes is 1. The van der Waals surface area contributed by atoms with Gasteiger partial charge in [0.25, 0.3) is 0 Å². The van der Waals surface area contributed by atoms with Crippen LogP contribution < -0.4 is 16.0 Å². The molecule has 7 nitrogen and oxygen atoms in total. The van der Waals surface area contributed by atoms with Gasteiger partial charge in [0.05, 0.1) is 12.1 Å². The zero-order chi connectivity index (χ0) is 25.5. The molecule has 1 aliphatic carbocycles. The molecule has 0 bridgehead atoms. The first-order valence-corrected chi connectivity index (χ1v) is 13.2. The molecule has 2 aliphatic rings. The lowest BCUT2D eigenvalue weighted by Gasteiger charge is -2.35. The van der Waals surface area contributed by atoms with Crippen molar-refractivity contribution < 1.29 is 14.4 Å². The van der Waals surface area contributed by atoms with E-state index in [1.807, 2.05) is 42.2 Å². The molecule has 1 heterocycles. The van der Waals surface area contributed by atoms with E-state index >= 15 is 0 Å². The molecule has 4 rings (SSSR count). The normalized spacial score (nSPS) is 19.9. The van der Waals surface area contributed by atoms with E-state index in [9.17, 15) is 14.4 Å². The van der Waals surface area contributed by atoms with Crippen molar-refractivity contribution in [1.29, 1.82) is 0 Å². The van der Waals surface area contributed by atoms with Crippen LogP contribution in [-0.2, 0) is 9.59 Å². The van der Waals surface area contributed by atoms with Crippen molar-refractivity contribution in [2.75, 3.05) is 18.9 Å². The molecule has 1 aliphatic heterocycles. The second-order valence-electron chi connectivity index (χ2n) is 10.0. The molecule has 2 amide bonds. The second-order valence-corrected chi connectivity index (χ2v) is 10.0. The Morgan fingerprint density at radius 1 is 1.00 bits per heavy atom. The molecular weight excluding hydrogens is 452 g/mol. The van der Waals surface area contributed by atoms with Gasteiger partial charge in [-0.2, -0.15) is 0 Å². The van der Waals surface area contributed by atoms with E-state index in [4.69, 9.17) is 0 Å². The van der Waals surface area contributed by atoms with Gasteiger partial charge < -0.3 is 20.9 Å². The standard InChI is InChI=1S/C29H38N4O3/c1-20(30-2)28(35)32-27(21-10-4-3-5-11-21)29(36)33-17-9-16-26(33)22-13-8-14-24(18-22)31-25-15-7-6-12-23(25)19-34/h6-8,12-15,18-21,26-27,30-31H,3-5,9-11,16-17H2,1-2H3,(H,32,35)/t20-,26-,27-/m0/s1. The van der Waals surface area contributed by atoms with Crippen molar-refractivity contribution >= 4 is 29.5 Å². The van der Waals surface area contributed by atoms with Crippen molar-refractivity contribution in [3.63, 3.8) is 0 Å². The highest BCUT2D eigenvalue weighted by Gasteiger charge is 2.39. The predicted molar refractivity (Wildman–Crippen MR) is 142 cm³/mol. The minimum Gasteiger partial charge on any atom is -0.355 e. The van der Waals surface area contributed by atoms with Crippen molar-refractivity contribution in [2.45, 2.75) is 70.0 Å². The Labute approximate surface area is 214 Å². The highest BCUT2D eigenvalue weighted by Crippen LogP contribution is 2.36. The Hall–Kier alpha value is -3.19. The van der Waals surface area contributed by atoms with Gasteiger partial charge in [-0.05, 0) is 75.4 Å². The summed E-state index contributed by atoms with van der Waals surface area (Å²) in [4.78, 5) is 40.2. The third-order valence-corrected chi connectivity index (χ3v) is 7.69. The Kier molecular flexibility index (Phi) is 8.75. The average Bonchev–Trinajstić information content (AvgIpc) is 3.42. The molecule has 1 saturated carbocycles. The number of rotatable bonds is 9. The fourth-order valence-electron chi connectivity index (χ4n) is 5.51. The van der Waals surface area contributed by atoms with E-state index in [2.05, 4.69) is 28.1 Å². The van der Waals surface area contributed by atoms with Crippen LogP contribution >= 0.6 is 0 Å². The van der Waals surface area contributed by atoms with Crippen LogP contribution in [-0.4, -0.2) is 48.7 Å². The zero-order valence-corrected chi connectivity index (χ0v) is 21.3. The number of anilines is 2. The van der Waals surface area contributed by atoms with Crippen LogP contribution in [0.2, 0.25) is 0 Å². The van der Waals surface area contributed by atoms with E-state index in [-0.39, 0.29) is 29.8 Å². The Bertz CT molecular complexity index is 1070. The monoisotopic (exact) mass is 490 g/mol. The third-order valence-electron chi connectivity index (χ3n) is 7.69. The maximum absolute atomic E-state index is 14.0. The summed E-state index contributed by atoms with van der Waals surface area (Å²) in [6, 6.07) is 14.6. The lowest BCUT2D eigenvalue weighted by atomic mass is 9.83. The molecule has 1 saturated heterocycles. The molecule has 0 radical (unpaired) electrons. The predicted octanol–water partition coefficient (Wildman–Crippen LogP) is 4.58. The van der Waals surface area contributed by atoms with Gasteiger partial charge in [-0.15, -0.1) is 0 Å². The molecule has 2 aromatic carbocycles. The summed E-state index contributed by atoms with van der Waals surface area (Å²) in [6.45, 7) is 2.51. The lowest BCUT2D eigenvalue weighted by molar-refractivity contribution is -0.139. The number of carbonyl (C=O) groups excluding carboxylic acids is 3. The van der Waals surface area contributed by atoms with E-state index < -0.39 is 6.04 Å².